The molecule has 2 aromatic rings. The molecule has 0 bridgehead atoms. The van der Waals surface area contributed by atoms with E-state index < -0.39 is 11.6 Å². The van der Waals surface area contributed by atoms with Gasteiger partial charge in [-0.15, -0.1) is 11.3 Å². The van der Waals surface area contributed by atoms with Gasteiger partial charge in [0.05, 0.1) is 0 Å². The van der Waals surface area contributed by atoms with Crippen molar-refractivity contribution in [2.45, 2.75) is 6.42 Å². The summed E-state index contributed by atoms with van der Waals surface area (Å²) in [6.07, 6.45) is 2.27. The van der Waals surface area contributed by atoms with Crippen LogP contribution in [-0.4, -0.2) is 11.5 Å². The Bertz CT molecular complexity index is 437. The van der Waals surface area contributed by atoms with Crippen LogP contribution in [-0.2, 0) is 6.42 Å². The van der Waals surface area contributed by atoms with Gasteiger partial charge in [0.25, 0.3) is 0 Å². The number of halogens is 2. The van der Waals surface area contributed by atoms with E-state index in [0.717, 1.165) is 11.2 Å². The molecule has 0 aliphatic rings. The number of rotatable bonds is 4. The maximum atomic E-state index is 12.9. The molecule has 0 spiro atoms. The minimum atomic E-state index is -0.538. The molecule has 0 aliphatic carbocycles. The van der Waals surface area contributed by atoms with Crippen molar-refractivity contribution in [1.29, 1.82) is 0 Å². The van der Waals surface area contributed by atoms with Gasteiger partial charge in [-0.05, 0) is 24.1 Å². The van der Waals surface area contributed by atoms with E-state index in [-0.39, 0.29) is 0 Å². The fourth-order valence-electron chi connectivity index (χ4n) is 1.38. The van der Waals surface area contributed by atoms with Crippen molar-refractivity contribution in [3.8, 4) is 0 Å². The smallest absolute Gasteiger partial charge is 0.182 e. The average Bonchev–Trinajstić information content (AvgIpc) is 2.69. The van der Waals surface area contributed by atoms with Crippen molar-refractivity contribution in [3.05, 3.63) is 47.0 Å². The highest BCUT2D eigenvalue weighted by molar-refractivity contribution is 7.13. The fraction of sp³-hybridized carbons (Fsp3) is 0.182. The lowest BCUT2D eigenvalue weighted by Crippen LogP contribution is -2.04. The molecule has 0 saturated heterocycles. The van der Waals surface area contributed by atoms with Crippen LogP contribution in [0.25, 0.3) is 0 Å². The second-order valence-electron chi connectivity index (χ2n) is 3.29. The Labute approximate surface area is 96.0 Å². The highest BCUT2D eigenvalue weighted by Gasteiger charge is 2.00. The minimum absolute atomic E-state index is 0.538. The lowest BCUT2D eigenvalue weighted by atomic mass is 10.1. The van der Waals surface area contributed by atoms with Crippen LogP contribution in [0.5, 0.6) is 0 Å². The summed E-state index contributed by atoms with van der Waals surface area (Å²) in [6, 6.07) is 3.55. The van der Waals surface area contributed by atoms with E-state index >= 15 is 0 Å². The number of aromatic nitrogens is 1. The molecule has 16 heavy (non-hydrogen) atoms. The third-order valence-corrected chi connectivity index (χ3v) is 2.78. The van der Waals surface area contributed by atoms with E-state index in [2.05, 4.69) is 10.3 Å². The van der Waals surface area contributed by atoms with Gasteiger partial charge in [0.1, 0.15) is 11.6 Å². The normalized spacial score (nSPS) is 10.4. The summed E-state index contributed by atoms with van der Waals surface area (Å²) in [7, 11) is 0. The average molecular weight is 240 g/mol. The predicted molar refractivity (Wildman–Crippen MR) is 60.7 cm³/mol. The summed E-state index contributed by atoms with van der Waals surface area (Å²) in [5.74, 6) is -1.08. The number of benzene rings is 1. The molecule has 84 valence electrons. The van der Waals surface area contributed by atoms with Crippen LogP contribution < -0.4 is 5.32 Å². The quantitative estimate of drug-likeness (QED) is 0.888. The summed E-state index contributed by atoms with van der Waals surface area (Å²) < 4.78 is 25.7. The molecular weight excluding hydrogens is 230 g/mol. The molecule has 0 amide bonds. The molecule has 1 aromatic heterocycles. The Kier molecular flexibility index (Phi) is 3.46. The van der Waals surface area contributed by atoms with Gasteiger partial charge < -0.3 is 5.32 Å². The standard InChI is InChI=1S/C11H10F2N2S/c12-9-5-8(6-10(13)7-9)1-2-14-11-15-3-4-16-11/h3-7H,1-2H2,(H,14,15). The lowest BCUT2D eigenvalue weighted by molar-refractivity contribution is 0.580. The zero-order chi connectivity index (χ0) is 11.4. The summed E-state index contributed by atoms with van der Waals surface area (Å²) >= 11 is 1.49. The van der Waals surface area contributed by atoms with Crippen molar-refractivity contribution >= 4 is 16.5 Å². The molecule has 5 heteroatoms. The van der Waals surface area contributed by atoms with Gasteiger partial charge in [-0.25, -0.2) is 13.8 Å². The second-order valence-corrected chi connectivity index (χ2v) is 4.19. The first-order valence-electron chi connectivity index (χ1n) is 4.82. The molecule has 0 unspecified atom stereocenters. The van der Waals surface area contributed by atoms with Crippen LogP contribution in [0, 0.1) is 11.6 Å². The number of nitrogens with zero attached hydrogens (tertiary/aromatic N) is 1. The Hall–Kier alpha value is -1.49. The highest BCUT2D eigenvalue weighted by Crippen LogP contribution is 2.12. The van der Waals surface area contributed by atoms with Crippen molar-refractivity contribution in [1.82, 2.24) is 4.98 Å². The van der Waals surface area contributed by atoms with Crippen LogP contribution >= 0.6 is 11.3 Å². The molecule has 0 aliphatic heterocycles. The highest BCUT2D eigenvalue weighted by atomic mass is 32.1. The Morgan fingerprint density at radius 3 is 2.56 bits per heavy atom. The molecule has 0 atom stereocenters. The van der Waals surface area contributed by atoms with Crippen molar-refractivity contribution < 1.29 is 8.78 Å². The van der Waals surface area contributed by atoms with Gasteiger partial charge in [-0.3, -0.25) is 0 Å². The van der Waals surface area contributed by atoms with E-state index in [1.54, 1.807) is 6.20 Å². The number of hydrogen-bond donors (Lipinski definition) is 1. The Morgan fingerprint density at radius 1 is 1.19 bits per heavy atom. The van der Waals surface area contributed by atoms with E-state index in [9.17, 15) is 8.78 Å². The first-order valence-corrected chi connectivity index (χ1v) is 5.70. The zero-order valence-electron chi connectivity index (χ0n) is 8.41. The molecule has 1 N–H and O–H groups in total. The zero-order valence-corrected chi connectivity index (χ0v) is 9.23. The molecule has 0 radical (unpaired) electrons. The van der Waals surface area contributed by atoms with E-state index in [1.807, 2.05) is 5.38 Å². The van der Waals surface area contributed by atoms with Gasteiger partial charge >= 0.3 is 0 Å². The van der Waals surface area contributed by atoms with Gasteiger partial charge in [0.2, 0.25) is 0 Å². The predicted octanol–water partition coefficient (Wildman–Crippen LogP) is 3.08. The molecule has 1 heterocycles. The van der Waals surface area contributed by atoms with Gasteiger partial charge in [-0.1, -0.05) is 0 Å². The summed E-state index contributed by atoms with van der Waals surface area (Å²) in [6.45, 7) is 0.608. The molecule has 1 aromatic carbocycles. The van der Waals surface area contributed by atoms with E-state index in [4.69, 9.17) is 0 Å². The molecule has 0 saturated carbocycles. The van der Waals surface area contributed by atoms with E-state index in [0.29, 0.717) is 18.5 Å². The maximum Gasteiger partial charge on any atom is 0.182 e. The van der Waals surface area contributed by atoms with Gasteiger partial charge in [0, 0.05) is 24.2 Å². The van der Waals surface area contributed by atoms with E-state index in [1.165, 1.54) is 23.5 Å². The largest absolute Gasteiger partial charge is 0.361 e. The number of nitrogens with one attached hydrogen (secondary N) is 1. The van der Waals surface area contributed by atoms with Crippen LogP contribution in [0.1, 0.15) is 5.56 Å². The lowest BCUT2D eigenvalue weighted by Gasteiger charge is -2.03. The summed E-state index contributed by atoms with van der Waals surface area (Å²) in [4.78, 5) is 4.04. The Morgan fingerprint density at radius 2 is 1.94 bits per heavy atom. The van der Waals surface area contributed by atoms with Crippen molar-refractivity contribution in [2.24, 2.45) is 0 Å². The maximum absolute atomic E-state index is 12.9. The van der Waals surface area contributed by atoms with Crippen molar-refractivity contribution in [2.75, 3.05) is 11.9 Å². The van der Waals surface area contributed by atoms with Gasteiger partial charge in [-0.2, -0.15) is 0 Å². The molecule has 2 rings (SSSR count). The second kappa shape index (κ2) is 5.03. The van der Waals surface area contributed by atoms with Crippen LogP contribution in [0.15, 0.2) is 29.8 Å². The SMILES string of the molecule is Fc1cc(F)cc(CCNc2nccs2)c1. The first-order chi connectivity index (χ1) is 7.74. The Balaban J connectivity index is 1.89. The monoisotopic (exact) mass is 240 g/mol. The van der Waals surface area contributed by atoms with Gasteiger partial charge in [0.15, 0.2) is 5.13 Å². The molecular formula is C11H10F2N2S. The topological polar surface area (TPSA) is 24.9 Å². The molecule has 2 nitrogen and oxygen atoms in total. The molecule has 0 fully saturated rings. The first kappa shape index (κ1) is 11.0. The summed E-state index contributed by atoms with van der Waals surface area (Å²) in [5, 5.41) is 5.76. The third kappa shape index (κ3) is 3.00. The van der Waals surface area contributed by atoms with Crippen LogP contribution in [0.4, 0.5) is 13.9 Å². The fourth-order valence-corrected chi connectivity index (χ4v) is 1.94. The number of hydrogen-bond acceptors (Lipinski definition) is 3. The minimum Gasteiger partial charge on any atom is -0.361 e. The number of anilines is 1. The summed E-state index contributed by atoms with van der Waals surface area (Å²) in [5.41, 5.74) is 0.640. The number of thiazole rings is 1. The third-order valence-electron chi connectivity index (χ3n) is 2.04. The van der Waals surface area contributed by atoms with Crippen LogP contribution in [0.3, 0.4) is 0 Å². The van der Waals surface area contributed by atoms with Crippen LogP contribution in [0.2, 0.25) is 0 Å². The van der Waals surface area contributed by atoms with Crippen molar-refractivity contribution in [3.63, 3.8) is 0 Å².